The number of rotatable bonds is 6. The number of benzene rings is 1. The molecule has 112 valence electrons. The number of carbonyl (C=O) groups excluding carboxylic acids is 1. The van der Waals surface area contributed by atoms with Crippen LogP contribution >= 0.6 is 23.2 Å². The van der Waals surface area contributed by atoms with E-state index in [1.165, 1.54) is 0 Å². The quantitative estimate of drug-likeness (QED) is 0.863. The molecule has 5 heteroatoms. The van der Waals surface area contributed by atoms with Gasteiger partial charge in [0.2, 0.25) is 5.91 Å². The molecule has 3 nitrogen and oxygen atoms in total. The van der Waals surface area contributed by atoms with Crippen LogP contribution in [0.3, 0.4) is 0 Å². The van der Waals surface area contributed by atoms with E-state index >= 15 is 0 Å². The zero-order valence-corrected chi connectivity index (χ0v) is 13.9. The molecule has 0 aliphatic carbocycles. The molecule has 0 saturated heterocycles. The van der Waals surface area contributed by atoms with Crippen LogP contribution in [0, 0.1) is 0 Å². The van der Waals surface area contributed by atoms with Gasteiger partial charge in [-0.2, -0.15) is 0 Å². The predicted octanol–water partition coefficient (Wildman–Crippen LogP) is 3.90. The molecule has 0 saturated carbocycles. The monoisotopic (exact) mass is 316 g/mol. The highest BCUT2D eigenvalue weighted by molar-refractivity contribution is 6.33. The lowest BCUT2D eigenvalue weighted by Crippen LogP contribution is -2.45. The summed E-state index contributed by atoms with van der Waals surface area (Å²) < 4.78 is 0. The van der Waals surface area contributed by atoms with Crippen molar-refractivity contribution in [3.05, 3.63) is 33.8 Å². The van der Waals surface area contributed by atoms with Crippen molar-refractivity contribution in [3.63, 3.8) is 0 Å². The van der Waals surface area contributed by atoms with E-state index in [0.717, 1.165) is 5.56 Å². The molecule has 2 atom stereocenters. The first-order chi connectivity index (χ1) is 9.40. The number of hydrogen-bond acceptors (Lipinski definition) is 2. The number of likely N-dealkylation sites (N-methyl/N-ethyl adjacent to an activating group) is 1. The van der Waals surface area contributed by atoms with Crippen molar-refractivity contribution in [1.29, 1.82) is 0 Å². The van der Waals surface area contributed by atoms with Gasteiger partial charge in [-0.05, 0) is 51.5 Å². The van der Waals surface area contributed by atoms with Gasteiger partial charge in [-0.15, -0.1) is 0 Å². The highest BCUT2D eigenvalue weighted by Gasteiger charge is 2.21. The lowest BCUT2D eigenvalue weighted by molar-refractivity contribution is -0.132. The molecular weight excluding hydrogens is 295 g/mol. The Labute approximate surface area is 131 Å². The summed E-state index contributed by atoms with van der Waals surface area (Å²) in [7, 11) is 0. The second kappa shape index (κ2) is 7.87. The minimum absolute atomic E-state index is 0.0456. The van der Waals surface area contributed by atoms with Crippen molar-refractivity contribution in [2.75, 3.05) is 13.1 Å². The molecule has 0 aliphatic heterocycles. The SMILES string of the molecule is CCN(CC)C(=O)C(C)NC(C)c1cc(Cl)ccc1Cl. The highest BCUT2D eigenvalue weighted by Crippen LogP contribution is 2.26. The van der Waals surface area contributed by atoms with Crippen LogP contribution in [-0.4, -0.2) is 29.9 Å². The van der Waals surface area contributed by atoms with Gasteiger partial charge in [-0.3, -0.25) is 10.1 Å². The van der Waals surface area contributed by atoms with Gasteiger partial charge in [0.05, 0.1) is 6.04 Å². The van der Waals surface area contributed by atoms with Gasteiger partial charge in [0.1, 0.15) is 0 Å². The molecule has 1 aromatic carbocycles. The Morgan fingerprint density at radius 2 is 1.85 bits per heavy atom. The van der Waals surface area contributed by atoms with Gasteiger partial charge in [-0.1, -0.05) is 23.2 Å². The second-order valence-corrected chi connectivity index (χ2v) is 5.63. The smallest absolute Gasteiger partial charge is 0.239 e. The van der Waals surface area contributed by atoms with E-state index in [1.807, 2.05) is 38.7 Å². The number of carbonyl (C=O) groups is 1. The van der Waals surface area contributed by atoms with Crippen molar-refractivity contribution in [2.45, 2.75) is 39.8 Å². The minimum atomic E-state index is -0.264. The molecule has 20 heavy (non-hydrogen) atoms. The third-order valence-electron chi connectivity index (χ3n) is 3.37. The molecule has 1 amide bonds. The van der Waals surface area contributed by atoms with Crippen molar-refractivity contribution in [2.24, 2.45) is 0 Å². The van der Waals surface area contributed by atoms with Crippen LogP contribution in [0.15, 0.2) is 18.2 Å². The Hall–Kier alpha value is -0.770. The minimum Gasteiger partial charge on any atom is -0.342 e. The average molecular weight is 317 g/mol. The number of halogens is 2. The fourth-order valence-electron chi connectivity index (χ4n) is 2.19. The Morgan fingerprint density at radius 3 is 2.40 bits per heavy atom. The van der Waals surface area contributed by atoms with E-state index in [4.69, 9.17) is 23.2 Å². The van der Waals surface area contributed by atoms with Crippen LogP contribution < -0.4 is 5.32 Å². The third-order valence-corrected chi connectivity index (χ3v) is 3.95. The Kier molecular flexibility index (Phi) is 6.80. The predicted molar refractivity (Wildman–Crippen MR) is 85.4 cm³/mol. The van der Waals surface area contributed by atoms with Crippen LogP contribution in [0.4, 0.5) is 0 Å². The standard InChI is InChI=1S/C15H22Cl2N2O/c1-5-19(6-2)15(20)11(4)18-10(3)13-9-12(16)7-8-14(13)17/h7-11,18H,5-6H2,1-4H3. The zero-order chi connectivity index (χ0) is 15.3. The van der Waals surface area contributed by atoms with E-state index in [1.54, 1.807) is 12.1 Å². The molecule has 0 fully saturated rings. The zero-order valence-electron chi connectivity index (χ0n) is 12.4. The summed E-state index contributed by atoms with van der Waals surface area (Å²) in [6.45, 7) is 9.23. The molecule has 0 spiro atoms. The first-order valence-electron chi connectivity index (χ1n) is 6.90. The fraction of sp³-hybridized carbons (Fsp3) is 0.533. The molecule has 0 heterocycles. The van der Waals surface area contributed by atoms with Crippen LogP contribution in [0.2, 0.25) is 10.0 Å². The van der Waals surface area contributed by atoms with Crippen LogP contribution in [-0.2, 0) is 4.79 Å². The third kappa shape index (κ3) is 4.37. The summed E-state index contributed by atoms with van der Waals surface area (Å²) in [6, 6.07) is 5.05. The van der Waals surface area contributed by atoms with Crippen LogP contribution in [0.1, 0.15) is 39.3 Å². The number of nitrogens with one attached hydrogen (secondary N) is 1. The summed E-state index contributed by atoms with van der Waals surface area (Å²) in [5.74, 6) is 0.0972. The molecular formula is C15H22Cl2N2O. The van der Waals surface area contributed by atoms with Crippen molar-refractivity contribution in [3.8, 4) is 0 Å². The van der Waals surface area contributed by atoms with E-state index in [0.29, 0.717) is 23.1 Å². The topological polar surface area (TPSA) is 32.3 Å². The van der Waals surface area contributed by atoms with Gasteiger partial charge < -0.3 is 4.90 Å². The molecule has 2 unspecified atom stereocenters. The summed E-state index contributed by atoms with van der Waals surface area (Å²) >= 11 is 12.2. The maximum atomic E-state index is 12.2. The fourth-order valence-corrected chi connectivity index (χ4v) is 2.65. The first kappa shape index (κ1) is 17.3. The lowest BCUT2D eigenvalue weighted by Gasteiger charge is -2.26. The van der Waals surface area contributed by atoms with Crippen LogP contribution in [0.25, 0.3) is 0 Å². The summed E-state index contributed by atoms with van der Waals surface area (Å²) in [5, 5.41) is 4.57. The number of nitrogens with zero attached hydrogens (tertiary/aromatic N) is 1. The molecule has 0 bridgehead atoms. The molecule has 1 rings (SSSR count). The van der Waals surface area contributed by atoms with Gasteiger partial charge >= 0.3 is 0 Å². The maximum Gasteiger partial charge on any atom is 0.239 e. The number of amides is 1. The van der Waals surface area contributed by atoms with Gasteiger partial charge in [-0.25, -0.2) is 0 Å². The van der Waals surface area contributed by atoms with Gasteiger partial charge in [0, 0.05) is 29.2 Å². The molecule has 0 aromatic heterocycles. The average Bonchev–Trinajstić information content (AvgIpc) is 2.42. The van der Waals surface area contributed by atoms with E-state index in [9.17, 15) is 4.79 Å². The Balaban J connectivity index is 2.77. The van der Waals surface area contributed by atoms with Gasteiger partial charge in [0.15, 0.2) is 0 Å². The largest absolute Gasteiger partial charge is 0.342 e. The van der Waals surface area contributed by atoms with E-state index < -0.39 is 0 Å². The first-order valence-corrected chi connectivity index (χ1v) is 7.66. The van der Waals surface area contributed by atoms with Crippen molar-refractivity contribution in [1.82, 2.24) is 10.2 Å². The highest BCUT2D eigenvalue weighted by atomic mass is 35.5. The number of hydrogen-bond donors (Lipinski definition) is 1. The second-order valence-electron chi connectivity index (χ2n) is 4.79. The molecule has 1 N–H and O–H groups in total. The summed E-state index contributed by atoms with van der Waals surface area (Å²) in [6.07, 6.45) is 0. The molecule has 0 aliphatic rings. The Morgan fingerprint density at radius 1 is 1.25 bits per heavy atom. The van der Waals surface area contributed by atoms with Crippen LogP contribution in [0.5, 0.6) is 0 Å². The summed E-state index contributed by atoms with van der Waals surface area (Å²) in [5.41, 5.74) is 0.901. The lowest BCUT2D eigenvalue weighted by atomic mass is 10.1. The van der Waals surface area contributed by atoms with Gasteiger partial charge in [0.25, 0.3) is 0 Å². The van der Waals surface area contributed by atoms with Crippen molar-refractivity contribution < 1.29 is 4.79 Å². The maximum absolute atomic E-state index is 12.2. The van der Waals surface area contributed by atoms with Crippen molar-refractivity contribution >= 4 is 29.1 Å². The van der Waals surface area contributed by atoms with E-state index in [2.05, 4.69) is 5.32 Å². The molecule has 0 radical (unpaired) electrons. The normalized spacial score (nSPS) is 13.9. The molecule has 1 aromatic rings. The van der Waals surface area contributed by atoms with E-state index in [-0.39, 0.29) is 18.0 Å². The summed E-state index contributed by atoms with van der Waals surface area (Å²) in [4.78, 5) is 14.0. The Bertz CT molecular complexity index is 461.